The molecule has 3 nitrogen and oxygen atoms in total. The highest BCUT2D eigenvalue weighted by atomic mass is 127. The lowest BCUT2D eigenvalue weighted by molar-refractivity contribution is 0.578. The van der Waals surface area contributed by atoms with Crippen LogP contribution in [-0.4, -0.2) is 25.6 Å². The normalized spacial score (nSPS) is 14.1. The van der Waals surface area contributed by atoms with Crippen molar-refractivity contribution >= 4 is 29.9 Å². The maximum atomic E-state index is 12.9. The number of hydrogen-bond acceptors (Lipinski definition) is 3. The van der Waals surface area contributed by atoms with Crippen molar-refractivity contribution in [3.63, 3.8) is 0 Å². The standard InChI is InChI=1S/C13H17F2N3.HI/c14-11-7-10(8-12(15)9-11)3-1-4-16-13-17-5-2-6-18-13;/h7-9H,1-6H2,(H2,16,17,18);1H. The Balaban J connectivity index is 0.00000180. The van der Waals surface area contributed by atoms with Crippen molar-refractivity contribution in [2.75, 3.05) is 19.6 Å². The van der Waals surface area contributed by atoms with E-state index < -0.39 is 11.6 Å². The van der Waals surface area contributed by atoms with Gasteiger partial charge in [0, 0.05) is 25.7 Å². The van der Waals surface area contributed by atoms with Crippen molar-refractivity contribution in [2.24, 2.45) is 4.99 Å². The molecule has 1 heterocycles. The van der Waals surface area contributed by atoms with Crippen LogP contribution in [0.25, 0.3) is 0 Å². The Labute approximate surface area is 128 Å². The highest BCUT2D eigenvalue weighted by molar-refractivity contribution is 14.0. The number of hydrogen-bond donors (Lipinski definition) is 2. The Morgan fingerprint density at radius 1 is 1.21 bits per heavy atom. The molecule has 0 aromatic heterocycles. The van der Waals surface area contributed by atoms with E-state index in [0.29, 0.717) is 12.0 Å². The van der Waals surface area contributed by atoms with Gasteiger partial charge in [-0.25, -0.2) is 8.78 Å². The van der Waals surface area contributed by atoms with Crippen molar-refractivity contribution < 1.29 is 8.78 Å². The van der Waals surface area contributed by atoms with Crippen molar-refractivity contribution in [3.8, 4) is 0 Å². The molecule has 0 aliphatic carbocycles. The van der Waals surface area contributed by atoms with E-state index in [-0.39, 0.29) is 24.0 Å². The van der Waals surface area contributed by atoms with E-state index in [1.54, 1.807) is 0 Å². The van der Waals surface area contributed by atoms with E-state index in [9.17, 15) is 8.78 Å². The number of benzene rings is 1. The Hall–Kier alpha value is -0.920. The third-order valence-corrected chi connectivity index (χ3v) is 2.75. The molecule has 19 heavy (non-hydrogen) atoms. The second-order valence-electron chi connectivity index (χ2n) is 4.32. The highest BCUT2D eigenvalue weighted by Gasteiger charge is 2.03. The van der Waals surface area contributed by atoms with Gasteiger partial charge in [-0.2, -0.15) is 0 Å². The number of halogens is 3. The van der Waals surface area contributed by atoms with Crippen LogP contribution in [-0.2, 0) is 6.42 Å². The molecule has 0 saturated heterocycles. The lowest BCUT2D eigenvalue weighted by Gasteiger charge is -2.15. The van der Waals surface area contributed by atoms with Gasteiger partial charge in [0.15, 0.2) is 5.96 Å². The van der Waals surface area contributed by atoms with Gasteiger partial charge in [-0.15, -0.1) is 24.0 Å². The van der Waals surface area contributed by atoms with Crippen molar-refractivity contribution in [1.29, 1.82) is 0 Å². The number of rotatable bonds is 4. The maximum Gasteiger partial charge on any atom is 0.191 e. The Morgan fingerprint density at radius 3 is 2.58 bits per heavy atom. The summed E-state index contributed by atoms with van der Waals surface area (Å²) in [6.45, 7) is 2.54. The zero-order chi connectivity index (χ0) is 12.8. The van der Waals surface area contributed by atoms with Crippen molar-refractivity contribution in [3.05, 3.63) is 35.4 Å². The minimum atomic E-state index is -0.517. The molecule has 2 N–H and O–H groups in total. The summed E-state index contributed by atoms with van der Waals surface area (Å²) in [7, 11) is 0. The number of aryl methyl sites for hydroxylation is 1. The first-order valence-corrected chi connectivity index (χ1v) is 6.21. The van der Waals surface area contributed by atoms with Gasteiger partial charge in [0.1, 0.15) is 11.6 Å². The van der Waals surface area contributed by atoms with E-state index in [1.807, 2.05) is 0 Å². The van der Waals surface area contributed by atoms with Crippen LogP contribution in [0.15, 0.2) is 23.2 Å². The first-order valence-electron chi connectivity index (χ1n) is 6.21. The van der Waals surface area contributed by atoms with Crippen LogP contribution in [0.5, 0.6) is 0 Å². The summed E-state index contributed by atoms with van der Waals surface area (Å²) < 4.78 is 25.9. The summed E-state index contributed by atoms with van der Waals surface area (Å²) in [5.74, 6) is -0.209. The molecule has 0 bridgehead atoms. The zero-order valence-electron chi connectivity index (χ0n) is 10.6. The number of aliphatic imine (C=N–C) groups is 1. The fraction of sp³-hybridized carbons (Fsp3) is 0.462. The molecule has 0 saturated carbocycles. The summed E-state index contributed by atoms with van der Waals surface area (Å²) in [5.41, 5.74) is 0.688. The van der Waals surface area contributed by atoms with Gasteiger partial charge in [0.25, 0.3) is 0 Å². The molecular weight excluding hydrogens is 363 g/mol. The molecule has 0 amide bonds. The van der Waals surface area contributed by atoms with Gasteiger partial charge >= 0.3 is 0 Å². The minimum absolute atomic E-state index is 0. The minimum Gasteiger partial charge on any atom is -0.356 e. The summed E-state index contributed by atoms with van der Waals surface area (Å²) in [4.78, 5) is 4.28. The maximum absolute atomic E-state index is 12.9. The van der Waals surface area contributed by atoms with Crippen molar-refractivity contribution in [1.82, 2.24) is 10.6 Å². The molecule has 0 radical (unpaired) electrons. The molecule has 0 spiro atoms. The molecular formula is C13H18F2IN3. The van der Waals surface area contributed by atoms with E-state index in [4.69, 9.17) is 0 Å². The Bertz CT molecular complexity index is 418. The molecule has 1 aromatic carbocycles. The van der Waals surface area contributed by atoms with E-state index in [0.717, 1.165) is 44.5 Å². The molecule has 0 unspecified atom stereocenters. The summed E-state index contributed by atoms with van der Waals surface area (Å²) in [6.07, 6.45) is 2.52. The van der Waals surface area contributed by atoms with Gasteiger partial charge in [-0.3, -0.25) is 4.99 Å². The second kappa shape index (κ2) is 8.29. The molecule has 0 fully saturated rings. The Kier molecular flexibility index (Phi) is 7.04. The van der Waals surface area contributed by atoms with Gasteiger partial charge < -0.3 is 10.6 Å². The lowest BCUT2D eigenvalue weighted by Crippen LogP contribution is -2.41. The third-order valence-electron chi connectivity index (χ3n) is 2.75. The van der Waals surface area contributed by atoms with Gasteiger partial charge in [0.2, 0.25) is 0 Å². The SMILES string of the molecule is Fc1cc(F)cc(CCCNC2=NCCCN2)c1.I. The summed E-state index contributed by atoms with van der Waals surface area (Å²) in [6, 6.07) is 3.64. The van der Waals surface area contributed by atoms with Gasteiger partial charge in [-0.1, -0.05) is 0 Å². The smallest absolute Gasteiger partial charge is 0.191 e. The van der Waals surface area contributed by atoms with E-state index in [1.165, 1.54) is 12.1 Å². The molecule has 1 aliphatic heterocycles. The third kappa shape index (κ3) is 5.71. The summed E-state index contributed by atoms with van der Waals surface area (Å²) in [5, 5.41) is 6.33. The topological polar surface area (TPSA) is 36.4 Å². The van der Waals surface area contributed by atoms with Crippen LogP contribution in [0.1, 0.15) is 18.4 Å². The molecule has 1 aromatic rings. The molecule has 2 rings (SSSR count). The fourth-order valence-electron chi connectivity index (χ4n) is 1.91. The van der Waals surface area contributed by atoms with Crippen molar-refractivity contribution in [2.45, 2.75) is 19.3 Å². The first kappa shape index (κ1) is 16.1. The van der Waals surface area contributed by atoms with Crippen LogP contribution in [0.4, 0.5) is 8.78 Å². The lowest BCUT2D eigenvalue weighted by atomic mass is 10.1. The average molecular weight is 381 g/mol. The summed E-state index contributed by atoms with van der Waals surface area (Å²) >= 11 is 0. The van der Waals surface area contributed by atoms with Gasteiger partial charge in [-0.05, 0) is 37.0 Å². The van der Waals surface area contributed by atoms with Crippen LogP contribution in [0, 0.1) is 11.6 Å². The highest BCUT2D eigenvalue weighted by Crippen LogP contribution is 2.09. The first-order chi connectivity index (χ1) is 8.74. The zero-order valence-corrected chi connectivity index (χ0v) is 12.9. The largest absolute Gasteiger partial charge is 0.356 e. The van der Waals surface area contributed by atoms with Crippen LogP contribution >= 0.6 is 24.0 Å². The van der Waals surface area contributed by atoms with Crippen LogP contribution < -0.4 is 10.6 Å². The number of nitrogens with zero attached hydrogens (tertiary/aromatic N) is 1. The van der Waals surface area contributed by atoms with Gasteiger partial charge in [0.05, 0.1) is 0 Å². The number of guanidine groups is 1. The molecule has 0 atom stereocenters. The predicted molar refractivity (Wildman–Crippen MR) is 83.0 cm³/mol. The van der Waals surface area contributed by atoms with Crippen LogP contribution in [0.3, 0.4) is 0 Å². The monoisotopic (exact) mass is 381 g/mol. The van der Waals surface area contributed by atoms with Crippen LogP contribution in [0.2, 0.25) is 0 Å². The quantitative estimate of drug-likeness (QED) is 0.621. The predicted octanol–water partition coefficient (Wildman–Crippen LogP) is 2.45. The van der Waals surface area contributed by atoms with E-state index in [2.05, 4.69) is 15.6 Å². The fourth-order valence-corrected chi connectivity index (χ4v) is 1.91. The number of nitrogens with one attached hydrogen (secondary N) is 2. The molecule has 6 heteroatoms. The molecule has 1 aliphatic rings. The molecule has 106 valence electrons. The van der Waals surface area contributed by atoms with E-state index >= 15 is 0 Å². The average Bonchev–Trinajstić information content (AvgIpc) is 2.35. The Morgan fingerprint density at radius 2 is 1.95 bits per heavy atom. The second-order valence-corrected chi connectivity index (χ2v) is 4.32.